The molecule has 0 radical (unpaired) electrons. The lowest BCUT2D eigenvalue weighted by atomic mass is 10.2. The highest BCUT2D eigenvalue weighted by atomic mass is 32.2. The van der Waals surface area contributed by atoms with E-state index in [1.54, 1.807) is 27.4 Å². The maximum Gasteiger partial charge on any atom is 0.243 e. The van der Waals surface area contributed by atoms with Crippen molar-refractivity contribution < 1.29 is 13.2 Å². The van der Waals surface area contributed by atoms with Crippen LogP contribution in [-0.2, 0) is 21.2 Å². The Balaban J connectivity index is 1.37. The van der Waals surface area contributed by atoms with E-state index in [0.717, 1.165) is 17.8 Å². The van der Waals surface area contributed by atoms with Crippen molar-refractivity contribution in [2.45, 2.75) is 24.7 Å². The van der Waals surface area contributed by atoms with Gasteiger partial charge in [-0.2, -0.15) is 4.31 Å². The van der Waals surface area contributed by atoms with Crippen molar-refractivity contribution in [1.29, 1.82) is 0 Å². The van der Waals surface area contributed by atoms with E-state index in [1.807, 2.05) is 25.1 Å². The molecule has 2 aliphatic rings. The quantitative estimate of drug-likeness (QED) is 0.694. The third kappa shape index (κ3) is 4.74. The van der Waals surface area contributed by atoms with Gasteiger partial charge in [0.25, 0.3) is 0 Å². The van der Waals surface area contributed by atoms with E-state index in [2.05, 4.69) is 29.2 Å². The van der Waals surface area contributed by atoms with E-state index in [4.69, 9.17) is 0 Å². The standard InChI is InChI=1S/C24H29N3O3S/c1-2-24(28)27-14-12-21-19-22(10-11-23(21)27)31(29,30)26-17-15-25(16-18-26)13-6-9-20-7-4-3-5-8-20/h3-11,19H,2,12-18H2,1H3/b9-6+. The van der Waals surface area contributed by atoms with Gasteiger partial charge in [0, 0.05) is 51.4 Å². The van der Waals surface area contributed by atoms with Crippen LogP contribution in [0.5, 0.6) is 0 Å². The van der Waals surface area contributed by atoms with Crippen LogP contribution >= 0.6 is 0 Å². The van der Waals surface area contributed by atoms with Gasteiger partial charge in [-0.3, -0.25) is 9.69 Å². The number of nitrogens with zero attached hydrogens (tertiary/aromatic N) is 3. The van der Waals surface area contributed by atoms with Crippen LogP contribution in [0.1, 0.15) is 24.5 Å². The molecule has 6 nitrogen and oxygen atoms in total. The van der Waals surface area contributed by atoms with E-state index in [9.17, 15) is 13.2 Å². The second-order valence-electron chi connectivity index (χ2n) is 7.96. The molecule has 4 rings (SSSR count). The van der Waals surface area contributed by atoms with Gasteiger partial charge in [-0.15, -0.1) is 0 Å². The third-order valence-corrected chi connectivity index (χ3v) is 7.89. The van der Waals surface area contributed by atoms with E-state index in [0.29, 0.717) is 50.5 Å². The SMILES string of the molecule is CCC(=O)N1CCc2cc(S(=O)(=O)N3CCN(C/C=C/c4ccccc4)CC3)ccc21. The molecule has 2 heterocycles. The molecule has 0 saturated carbocycles. The molecule has 164 valence electrons. The van der Waals surface area contributed by atoms with Crippen LogP contribution in [0.2, 0.25) is 0 Å². The first-order chi connectivity index (χ1) is 15.0. The molecule has 1 fully saturated rings. The second-order valence-corrected chi connectivity index (χ2v) is 9.90. The maximum atomic E-state index is 13.2. The topological polar surface area (TPSA) is 60.9 Å². The highest BCUT2D eigenvalue weighted by molar-refractivity contribution is 7.89. The Morgan fingerprint density at radius 1 is 1.00 bits per heavy atom. The van der Waals surface area contributed by atoms with Crippen LogP contribution in [0.3, 0.4) is 0 Å². The van der Waals surface area contributed by atoms with E-state index in [-0.39, 0.29) is 5.91 Å². The second kappa shape index (κ2) is 9.34. The number of hydrogen-bond acceptors (Lipinski definition) is 4. The molecule has 31 heavy (non-hydrogen) atoms. The molecule has 0 aromatic heterocycles. The minimum absolute atomic E-state index is 0.0757. The average Bonchev–Trinajstić information content (AvgIpc) is 3.23. The molecule has 2 aromatic rings. The van der Waals surface area contributed by atoms with Gasteiger partial charge in [-0.05, 0) is 35.7 Å². The molecule has 0 unspecified atom stereocenters. The molecule has 2 aliphatic heterocycles. The molecular weight excluding hydrogens is 410 g/mol. The summed E-state index contributed by atoms with van der Waals surface area (Å²) >= 11 is 0. The molecule has 0 N–H and O–H groups in total. The minimum Gasteiger partial charge on any atom is -0.312 e. The summed E-state index contributed by atoms with van der Waals surface area (Å²) in [6.07, 6.45) is 5.37. The number of rotatable bonds is 6. The van der Waals surface area contributed by atoms with Crippen molar-refractivity contribution in [2.75, 3.05) is 44.2 Å². The summed E-state index contributed by atoms with van der Waals surface area (Å²) in [6.45, 7) is 5.67. The number of hydrogen-bond donors (Lipinski definition) is 0. The Bertz CT molecular complexity index is 1060. The lowest BCUT2D eigenvalue weighted by molar-refractivity contribution is -0.118. The summed E-state index contributed by atoms with van der Waals surface area (Å²) in [5.41, 5.74) is 2.95. The predicted octanol–water partition coefficient (Wildman–Crippen LogP) is 3.01. The number of piperazine rings is 1. The average molecular weight is 440 g/mol. The van der Waals surface area contributed by atoms with Gasteiger partial charge in [0.2, 0.25) is 15.9 Å². The van der Waals surface area contributed by atoms with E-state index >= 15 is 0 Å². The number of fused-ring (bicyclic) bond motifs is 1. The summed E-state index contributed by atoms with van der Waals surface area (Å²) < 4.78 is 27.9. The summed E-state index contributed by atoms with van der Waals surface area (Å²) in [4.78, 5) is 16.4. The summed E-state index contributed by atoms with van der Waals surface area (Å²) in [7, 11) is -3.53. The zero-order valence-corrected chi connectivity index (χ0v) is 18.7. The maximum absolute atomic E-state index is 13.2. The normalized spacial score (nSPS) is 17.9. The molecule has 0 atom stereocenters. The number of carbonyl (C=O) groups is 1. The van der Waals surface area contributed by atoms with Gasteiger partial charge in [-0.1, -0.05) is 49.4 Å². The van der Waals surface area contributed by atoms with Crippen LogP contribution in [0, 0.1) is 0 Å². The Morgan fingerprint density at radius 3 is 2.45 bits per heavy atom. The van der Waals surface area contributed by atoms with Crippen molar-refractivity contribution in [3.8, 4) is 0 Å². The molecule has 0 aliphatic carbocycles. The van der Waals surface area contributed by atoms with Gasteiger partial charge in [0.15, 0.2) is 0 Å². The fourth-order valence-electron chi connectivity index (χ4n) is 4.19. The van der Waals surface area contributed by atoms with Crippen LogP contribution in [0.4, 0.5) is 5.69 Å². The van der Waals surface area contributed by atoms with Crippen LogP contribution in [0.15, 0.2) is 59.5 Å². The van der Waals surface area contributed by atoms with Crippen LogP contribution in [0.25, 0.3) is 6.08 Å². The monoisotopic (exact) mass is 439 g/mol. The highest BCUT2D eigenvalue weighted by Gasteiger charge is 2.30. The number of anilines is 1. The molecule has 2 aromatic carbocycles. The van der Waals surface area contributed by atoms with Gasteiger partial charge in [-0.25, -0.2) is 8.42 Å². The van der Waals surface area contributed by atoms with Gasteiger partial charge in [0.1, 0.15) is 0 Å². The van der Waals surface area contributed by atoms with E-state index < -0.39 is 10.0 Å². The Morgan fingerprint density at radius 2 is 1.74 bits per heavy atom. The Labute approximate surface area is 184 Å². The summed E-state index contributed by atoms with van der Waals surface area (Å²) in [5.74, 6) is 0.0757. The van der Waals surface area contributed by atoms with Crippen molar-refractivity contribution in [1.82, 2.24) is 9.21 Å². The summed E-state index contributed by atoms with van der Waals surface area (Å²) in [5, 5.41) is 0. The van der Waals surface area contributed by atoms with Crippen molar-refractivity contribution in [3.63, 3.8) is 0 Å². The third-order valence-electron chi connectivity index (χ3n) is 5.99. The first kappa shape index (κ1) is 21.7. The largest absolute Gasteiger partial charge is 0.312 e. The van der Waals surface area contributed by atoms with Gasteiger partial charge >= 0.3 is 0 Å². The number of amides is 1. The molecule has 0 bridgehead atoms. The van der Waals surface area contributed by atoms with Crippen molar-refractivity contribution in [2.24, 2.45) is 0 Å². The predicted molar refractivity (Wildman–Crippen MR) is 123 cm³/mol. The lowest BCUT2D eigenvalue weighted by Gasteiger charge is -2.33. The van der Waals surface area contributed by atoms with Crippen LogP contribution < -0.4 is 4.90 Å². The lowest BCUT2D eigenvalue weighted by Crippen LogP contribution is -2.48. The molecule has 7 heteroatoms. The van der Waals surface area contributed by atoms with Crippen molar-refractivity contribution >= 4 is 27.7 Å². The van der Waals surface area contributed by atoms with Crippen LogP contribution in [-0.4, -0.2) is 62.8 Å². The summed E-state index contributed by atoms with van der Waals surface area (Å²) in [6, 6.07) is 15.3. The van der Waals surface area contributed by atoms with Gasteiger partial charge < -0.3 is 4.90 Å². The molecule has 1 amide bonds. The molecule has 1 saturated heterocycles. The zero-order valence-electron chi connectivity index (χ0n) is 17.9. The Hall–Kier alpha value is -2.48. The number of sulfonamides is 1. The first-order valence-electron chi connectivity index (χ1n) is 10.9. The smallest absolute Gasteiger partial charge is 0.243 e. The fraction of sp³-hybridized carbons (Fsp3) is 0.375. The minimum atomic E-state index is -3.53. The molecular formula is C24H29N3O3S. The molecule has 0 spiro atoms. The highest BCUT2D eigenvalue weighted by Crippen LogP contribution is 2.31. The zero-order chi connectivity index (χ0) is 21.8. The fourth-order valence-corrected chi connectivity index (χ4v) is 5.67. The number of carbonyl (C=O) groups excluding carboxylic acids is 1. The van der Waals surface area contributed by atoms with Crippen molar-refractivity contribution in [3.05, 3.63) is 65.7 Å². The van der Waals surface area contributed by atoms with E-state index in [1.165, 1.54) is 5.56 Å². The first-order valence-corrected chi connectivity index (χ1v) is 12.3. The van der Waals surface area contributed by atoms with Gasteiger partial charge in [0.05, 0.1) is 4.90 Å². The number of benzene rings is 2. The Kier molecular flexibility index (Phi) is 6.55.